The Labute approximate surface area is 112 Å². The summed E-state index contributed by atoms with van der Waals surface area (Å²) in [6, 6.07) is 3.89. The summed E-state index contributed by atoms with van der Waals surface area (Å²) in [5.74, 6) is -0.0864. The molecule has 1 aromatic carbocycles. The van der Waals surface area contributed by atoms with Crippen molar-refractivity contribution < 1.29 is 9.90 Å². The van der Waals surface area contributed by atoms with Crippen molar-refractivity contribution in [1.29, 1.82) is 0 Å². The van der Waals surface area contributed by atoms with Gasteiger partial charge in [-0.15, -0.1) is 0 Å². The third kappa shape index (κ3) is 2.85. The molecule has 0 unspecified atom stereocenters. The first-order valence-corrected chi connectivity index (χ1v) is 6.67. The fourth-order valence-electron chi connectivity index (χ4n) is 2.20. The molecule has 0 aromatic heterocycles. The third-order valence-electron chi connectivity index (χ3n) is 3.38. The number of nitrogens with zero attached hydrogens (tertiary/aromatic N) is 1. The van der Waals surface area contributed by atoms with Gasteiger partial charge < -0.3 is 5.11 Å². The molecular weight excluding hydrogens is 250 g/mol. The molecule has 3 nitrogen and oxygen atoms in total. The van der Waals surface area contributed by atoms with E-state index in [1.165, 1.54) is 25.8 Å². The maximum absolute atomic E-state index is 11.4. The van der Waals surface area contributed by atoms with E-state index in [0.29, 0.717) is 23.2 Å². The number of phenolic OH excluding ortho intramolecular Hbond substituents is 1. The van der Waals surface area contributed by atoms with Crippen LogP contribution in [0, 0.1) is 0 Å². The molecule has 4 heteroatoms. The molecule has 1 fully saturated rings. The molecule has 0 atom stereocenters. The Morgan fingerprint density at radius 2 is 2.17 bits per heavy atom. The number of hydrogen-bond donors (Lipinski definition) is 1. The molecule has 1 N–H and O–H groups in total. The van der Waals surface area contributed by atoms with Crippen LogP contribution in [-0.4, -0.2) is 28.4 Å². The van der Waals surface area contributed by atoms with Gasteiger partial charge in [0.1, 0.15) is 5.75 Å². The number of hydrogen-bond acceptors (Lipinski definition) is 3. The van der Waals surface area contributed by atoms with E-state index in [2.05, 4.69) is 11.8 Å². The number of phenols is 1. The highest BCUT2D eigenvalue weighted by atomic mass is 35.5. The van der Waals surface area contributed by atoms with Gasteiger partial charge in [0, 0.05) is 23.2 Å². The summed E-state index contributed by atoms with van der Waals surface area (Å²) in [4.78, 5) is 13.7. The first-order chi connectivity index (χ1) is 8.52. The SMILES string of the molecule is CCN(Cc1cc(Cl)cc(C(C)=O)c1O)C1CC1. The fraction of sp³-hybridized carbons (Fsp3) is 0.500. The maximum Gasteiger partial charge on any atom is 0.163 e. The lowest BCUT2D eigenvalue weighted by molar-refractivity contribution is 0.101. The monoisotopic (exact) mass is 267 g/mol. The van der Waals surface area contributed by atoms with Gasteiger partial charge in [0.25, 0.3) is 0 Å². The summed E-state index contributed by atoms with van der Waals surface area (Å²) < 4.78 is 0. The molecule has 0 heterocycles. The lowest BCUT2D eigenvalue weighted by Crippen LogP contribution is -2.25. The van der Waals surface area contributed by atoms with Crippen LogP contribution in [0.3, 0.4) is 0 Å². The van der Waals surface area contributed by atoms with Crippen molar-refractivity contribution in [2.24, 2.45) is 0 Å². The number of halogens is 1. The van der Waals surface area contributed by atoms with Crippen LogP contribution in [-0.2, 0) is 6.54 Å². The lowest BCUT2D eigenvalue weighted by atomic mass is 10.1. The molecule has 0 aliphatic heterocycles. The molecule has 1 saturated carbocycles. The highest BCUT2D eigenvalue weighted by Gasteiger charge is 2.28. The average molecular weight is 268 g/mol. The molecule has 0 spiro atoms. The Morgan fingerprint density at radius 3 is 2.67 bits per heavy atom. The van der Waals surface area contributed by atoms with Crippen molar-refractivity contribution >= 4 is 17.4 Å². The predicted octanol–water partition coefficient (Wildman–Crippen LogP) is 3.23. The Kier molecular flexibility index (Phi) is 3.93. The summed E-state index contributed by atoms with van der Waals surface area (Å²) in [6.45, 7) is 5.12. The second-order valence-electron chi connectivity index (χ2n) is 4.81. The predicted molar refractivity (Wildman–Crippen MR) is 72.2 cm³/mol. The van der Waals surface area contributed by atoms with E-state index >= 15 is 0 Å². The number of rotatable bonds is 5. The van der Waals surface area contributed by atoms with Crippen molar-refractivity contribution in [2.45, 2.75) is 39.3 Å². The molecule has 1 aliphatic rings. The average Bonchev–Trinajstić information content (AvgIpc) is 3.13. The molecule has 0 radical (unpaired) electrons. The Hall–Kier alpha value is -1.06. The molecule has 0 bridgehead atoms. The number of carbonyl (C=O) groups is 1. The summed E-state index contributed by atoms with van der Waals surface area (Å²) in [5.41, 5.74) is 1.05. The van der Waals surface area contributed by atoms with Crippen LogP contribution in [0.4, 0.5) is 0 Å². The second kappa shape index (κ2) is 5.29. The normalized spacial score (nSPS) is 15.1. The van der Waals surface area contributed by atoms with Gasteiger partial charge in [-0.05, 0) is 38.4 Å². The molecular formula is C14H18ClNO2. The smallest absolute Gasteiger partial charge is 0.163 e. The number of carbonyl (C=O) groups excluding carboxylic acids is 1. The van der Waals surface area contributed by atoms with E-state index in [9.17, 15) is 9.90 Å². The Balaban J connectivity index is 2.28. The Bertz CT molecular complexity index is 469. The van der Waals surface area contributed by atoms with Gasteiger partial charge in [-0.2, -0.15) is 0 Å². The highest BCUT2D eigenvalue weighted by molar-refractivity contribution is 6.31. The van der Waals surface area contributed by atoms with E-state index < -0.39 is 0 Å². The minimum atomic E-state index is -0.161. The number of ketones is 1. The van der Waals surface area contributed by atoms with Crippen LogP contribution in [0.1, 0.15) is 42.6 Å². The van der Waals surface area contributed by atoms with Gasteiger partial charge in [0.05, 0.1) is 5.56 Å². The second-order valence-corrected chi connectivity index (χ2v) is 5.25. The fourth-order valence-corrected chi connectivity index (χ4v) is 2.44. The summed E-state index contributed by atoms with van der Waals surface area (Å²) in [6.07, 6.45) is 2.43. The molecule has 0 amide bonds. The lowest BCUT2D eigenvalue weighted by Gasteiger charge is -2.21. The van der Waals surface area contributed by atoms with Crippen LogP contribution in [0.5, 0.6) is 5.75 Å². The Morgan fingerprint density at radius 1 is 1.50 bits per heavy atom. The molecule has 2 rings (SSSR count). The van der Waals surface area contributed by atoms with Gasteiger partial charge in [-0.25, -0.2) is 0 Å². The van der Waals surface area contributed by atoms with E-state index in [1.54, 1.807) is 6.07 Å². The van der Waals surface area contributed by atoms with Crippen molar-refractivity contribution in [1.82, 2.24) is 4.90 Å². The first-order valence-electron chi connectivity index (χ1n) is 6.29. The van der Waals surface area contributed by atoms with E-state index in [0.717, 1.165) is 12.1 Å². The van der Waals surface area contributed by atoms with Crippen LogP contribution >= 0.6 is 11.6 Å². The number of aromatic hydroxyl groups is 1. The summed E-state index contributed by atoms with van der Waals surface area (Å²) >= 11 is 6.01. The van der Waals surface area contributed by atoms with Crippen LogP contribution in [0.2, 0.25) is 5.02 Å². The van der Waals surface area contributed by atoms with Crippen molar-refractivity contribution in [3.63, 3.8) is 0 Å². The zero-order chi connectivity index (χ0) is 13.3. The standard InChI is InChI=1S/C14H18ClNO2/c1-3-16(12-4-5-12)8-10-6-11(15)7-13(9(2)17)14(10)18/h6-7,12,18H,3-5,8H2,1-2H3. The highest BCUT2D eigenvalue weighted by Crippen LogP contribution is 2.32. The number of Topliss-reactive ketones (excluding diaryl/α,β-unsaturated/α-hetero) is 1. The van der Waals surface area contributed by atoms with Crippen molar-refractivity contribution in [3.8, 4) is 5.75 Å². The topological polar surface area (TPSA) is 40.5 Å². The zero-order valence-electron chi connectivity index (χ0n) is 10.7. The first kappa shape index (κ1) is 13.4. The van der Waals surface area contributed by atoms with E-state index in [4.69, 9.17) is 11.6 Å². The van der Waals surface area contributed by atoms with Gasteiger partial charge in [-0.3, -0.25) is 9.69 Å². The molecule has 1 aliphatic carbocycles. The number of benzene rings is 1. The molecule has 0 saturated heterocycles. The summed E-state index contributed by atoms with van der Waals surface area (Å²) in [7, 11) is 0. The molecule has 1 aromatic rings. The minimum absolute atomic E-state index is 0.0750. The molecule has 98 valence electrons. The quantitative estimate of drug-likeness (QED) is 0.833. The van der Waals surface area contributed by atoms with Gasteiger partial charge in [0.15, 0.2) is 5.78 Å². The summed E-state index contributed by atoms with van der Waals surface area (Å²) in [5, 5.41) is 10.6. The van der Waals surface area contributed by atoms with Crippen LogP contribution in [0.25, 0.3) is 0 Å². The van der Waals surface area contributed by atoms with Crippen LogP contribution in [0.15, 0.2) is 12.1 Å². The van der Waals surface area contributed by atoms with Gasteiger partial charge >= 0.3 is 0 Å². The van der Waals surface area contributed by atoms with Crippen molar-refractivity contribution in [2.75, 3.05) is 6.54 Å². The zero-order valence-corrected chi connectivity index (χ0v) is 11.5. The minimum Gasteiger partial charge on any atom is -0.507 e. The molecule has 18 heavy (non-hydrogen) atoms. The van der Waals surface area contributed by atoms with E-state index in [1.807, 2.05) is 0 Å². The van der Waals surface area contributed by atoms with Gasteiger partial charge in [0.2, 0.25) is 0 Å². The maximum atomic E-state index is 11.4. The van der Waals surface area contributed by atoms with Crippen LogP contribution < -0.4 is 0 Å². The largest absolute Gasteiger partial charge is 0.507 e. The van der Waals surface area contributed by atoms with E-state index in [-0.39, 0.29) is 11.5 Å². The third-order valence-corrected chi connectivity index (χ3v) is 3.59. The van der Waals surface area contributed by atoms with Crippen molar-refractivity contribution in [3.05, 3.63) is 28.3 Å². The van der Waals surface area contributed by atoms with Gasteiger partial charge in [-0.1, -0.05) is 18.5 Å².